The van der Waals surface area contributed by atoms with E-state index in [1.165, 1.54) is 10.5 Å². The van der Waals surface area contributed by atoms with E-state index >= 15 is 0 Å². The van der Waals surface area contributed by atoms with Gasteiger partial charge in [-0.05, 0) is 39.3 Å². The molecule has 3 amide bonds. The lowest BCUT2D eigenvalue weighted by molar-refractivity contribution is -0.132. The maximum atomic E-state index is 12.6. The molecule has 2 saturated heterocycles. The predicted octanol–water partition coefficient (Wildman–Crippen LogP) is 2.16. The van der Waals surface area contributed by atoms with Crippen LogP contribution in [-0.2, 0) is 11.3 Å². The molecule has 6 heteroatoms. The molecule has 0 saturated carbocycles. The van der Waals surface area contributed by atoms with Gasteiger partial charge in [-0.2, -0.15) is 0 Å². The summed E-state index contributed by atoms with van der Waals surface area (Å²) >= 11 is 0. The van der Waals surface area contributed by atoms with Crippen molar-refractivity contribution in [1.29, 1.82) is 0 Å². The molecule has 1 N–H and O–H groups in total. The third-order valence-electron chi connectivity index (χ3n) is 5.57. The first kappa shape index (κ1) is 17.7. The molecule has 0 spiro atoms. The van der Waals surface area contributed by atoms with Gasteiger partial charge >= 0.3 is 6.03 Å². The quantitative estimate of drug-likeness (QED) is 0.850. The molecule has 2 aliphatic rings. The SMILES string of the molecule is COc1ccc(C)cc1CN1CCC[C@H]([C@@]2(C)NC(=O)N(C)C2=O)C1. The second-order valence-electron chi connectivity index (χ2n) is 7.39. The van der Waals surface area contributed by atoms with Gasteiger partial charge in [-0.3, -0.25) is 14.6 Å². The summed E-state index contributed by atoms with van der Waals surface area (Å²) in [4.78, 5) is 28.0. The number of aryl methyl sites for hydroxylation is 1. The van der Waals surface area contributed by atoms with Crippen LogP contribution in [0, 0.1) is 12.8 Å². The summed E-state index contributed by atoms with van der Waals surface area (Å²) in [7, 11) is 3.23. The number of rotatable bonds is 4. The van der Waals surface area contributed by atoms with Gasteiger partial charge in [0.05, 0.1) is 7.11 Å². The minimum Gasteiger partial charge on any atom is -0.496 e. The Morgan fingerprint density at radius 2 is 2.12 bits per heavy atom. The molecule has 3 rings (SSSR count). The van der Waals surface area contributed by atoms with Crippen LogP contribution in [0.4, 0.5) is 4.79 Å². The first-order valence-corrected chi connectivity index (χ1v) is 8.81. The topological polar surface area (TPSA) is 61.9 Å². The Hall–Kier alpha value is -2.08. The molecule has 2 heterocycles. The van der Waals surface area contributed by atoms with Crippen LogP contribution >= 0.6 is 0 Å². The van der Waals surface area contributed by atoms with Gasteiger partial charge in [0, 0.05) is 31.6 Å². The minimum absolute atomic E-state index is 0.110. The number of hydrogen-bond acceptors (Lipinski definition) is 4. The standard InChI is InChI=1S/C19H27N3O3/c1-13-7-8-16(25-4)14(10-13)11-22-9-5-6-15(12-22)19(2)17(23)21(3)18(24)20-19/h7-8,10,15H,5-6,9,11-12H2,1-4H3,(H,20,24)/t15-,19+/m0/s1. The number of ether oxygens (including phenoxy) is 1. The molecular weight excluding hydrogens is 318 g/mol. The van der Waals surface area contributed by atoms with E-state index in [9.17, 15) is 9.59 Å². The fourth-order valence-electron chi connectivity index (χ4n) is 4.02. The van der Waals surface area contributed by atoms with E-state index in [4.69, 9.17) is 4.74 Å². The second kappa shape index (κ2) is 6.67. The largest absolute Gasteiger partial charge is 0.496 e. The highest BCUT2D eigenvalue weighted by Crippen LogP contribution is 2.33. The summed E-state index contributed by atoms with van der Waals surface area (Å²) in [6, 6.07) is 5.90. The van der Waals surface area contributed by atoms with Crippen molar-refractivity contribution in [2.45, 2.75) is 38.8 Å². The van der Waals surface area contributed by atoms with Crippen LogP contribution in [-0.4, -0.2) is 54.5 Å². The van der Waals surface area contributed by atoms with Crippen LogP contribution in [0.5, 0.6) is 5.75 Å². The third kappa shape index (κ3) is 3.23. The van der Waals surface area contributed by atoms with Crippen molar-refractivity contribution in [3.8, 4) is 5.75 Å². The summed E-state index contributed by atoms with van der Waals surface area (Å²) in [6.45, 7) is 6.49. The Bertz CT molecular complexity index is 690. The fraction of sp³-hybridized carbons (Fsp3) is 0.579. The van der Waals surface area contributed by atoms with Gasteiger partial charge in [0.15, 0.2) is 0 Å². The van der Waals surface area contributed by atoms with Crippen LogP contribution in [0.3, 0.4) is 0 Å². The molecular formula is C19H27N3O3. The molecule has 2 atom stereocenters. The number of amides is 3. The van der Waals surface area contributed by atoms with Gasteiger partial charge in [-0.15, -0.1) is 0 Å². The van der Waals surface area contributed by atoms with E-state index in [0.29, 0.717) is 0 Å². The van der Waals surface area contributed by atoms with Crippen LogP contribution in [0.1, 0.15) is 30.9 Å². The van der Waals surface area contributed by atoms with Gasteiger partial charge in [0.25, 0.3) is 5.91 Å². The van der Waals surface area contributed by atoms with E-state index < -0.39 is 5.54 Å². The van der Waals surface area contributed by atoms with E-state index in [1.54, 1.807) is 14.2 Å². The maximum absolute atomic E-state index is 12.6. The van der Waals surface area contributed by atoms with Crippen LogP contribution in [0.2, 0.25) is 0 Å². The summed E-state index contributed by atoms with van der Waals surface area (Å²) in [5.41, 5.74) is 1.56. The van der Waals surface area contributed by atoms with Gasteiger partial charge in [-0.1, -0.05) is 17.7 Å². The number of imide groups is 1. The molecule has 0 bridgehead atoms. The number of likely N-dealkylation sites (tertiary alicyclic amines) is 1. The Labute approximate surface area is 149 Å². The average molecular weight is 345 g/mol. The Morgan fingerprint density at radius 1 is 1.36 bits per heavy atom. The first-order valence-electron chi connectivity index (χ1n) is 8.81. The summed E-state index contributed by atoms with van der Waals surface area (Å²) in [5, 5.41) is 2.90. The summed E-state index contributed by atoms with van der Waals surface area (Å²) < 4.78 is 5.49. The fourth-order valence-corrected chi connectivity index (χ4v) is 4.02. The minimum atomic E-state index is -0.804. The van der Waals surface area contributed by atoms with Gasteiger partial charge in [-0.25, -0.2) is 4.79 Å². The smallest absolute Gasteiger partial charge is 0.324 e. The molecule has 6 nitrogen and oxygen atoms in total. The summed E-state index contributed by atoms with van der Waals surface area (Å²) in [5.74, 6) is 0.875. The van der Waals surface area contributed by atoms with E-state index in [2.05, 4.69) is 23.2 Å². The highest BCUT2D eigenvalue weighted by Gasteiger charge is 2.51. The van der Waals surface area contributed by atoms with Gasteiger partial charge in [0.1, 0.15) is 11.3 Å². The van der Waals surface area contributed by atoms with Crippen molar-refractivity contribution in [3.05, 3.63) is 29.3 Å². The molecule has 136 valence electrons. The number of urea groups is 1. The zero-order valence-corrected chi connectivity index (χ0v) is 15.5. The number of benzene rings is 1. The first-order chi connectivity index (χ1) is 11.8. The number of nitrogens with zero attached hydrogens (tertiary/aromatic N) is 2. The van der Waals surface area contributed by atoms with Gasteiger partial charge in [0.2, 0.25) is 0 Å². The van der Waals surface area contributed by atoms with Crippen molar-refractivity contribution in [2.75, 3.05) is 27.2 Å². The monoisotopic (exact) mass is 345 g/mol. The van der Waals surface area contributed by atoms with E-state index in [-0.39, 0.29) is 17.9 Å². The van der Waals surface area contributed by atoms with E-state index in [1.807, 2.05) is 19.1 Å². The highest BCUT2D eigenvalue weighted by molar-refractivity contribution is 6.06. The lowest BCUT2D eigenvalue weighted by atomic mass is 9.80. The zero-order valence-electron chi connectivity index (χ0n) is 15.5. The van der Waals surface area contributed by atoms with Crippen molar-refractivity contribution in [3.63, 3.8) is 0 Å². The van der Waals surface area contributed by atoms with Gasteiger partial charge < -0.3 is 10.1 Å². The average Bonchev–Trinajstić information content (AvgIpc) is 2.79. The third-order valence-corrected chi connectivity index (χ3v) is 5.57. The number of carbonyl (C=O) groups is 2. The van der Waals surface area contributed by atoms with Crippen LogP contribution in [0.25, 0.3) is 0 Å². The predicted molar refractivity (Wildman–Crippen MR) is 95.4 cm³/mol. The number of methoxy groups -OCH3 is 1. The maximum Gasteiger partial charge on any atom is 0.324 e. The number of piperidine rings is 1. The van der Waals surface area contributed by atoms with Crippen LogP contribution in [0.15, 0.2) is 18.2 Å². The van der Waals surface area contributed by atoms with Crippen molar-refractivity contribution < 1.29 is 14.3 Å². The number of nitrogens with one attached hydrogen (secondary N) is 1. The number of likely N-dealkylation sites (N-methyl/N-ethyl adjacent to an activating group) is 1. The Kier molecular flexibility index (Phi) is 4.73. The molecule has 0 radical (unpaired) electrons. The lowest BCUT2D eigenvalue weighted by Gasteiger charge is -2.39. The molecule has 25 heavy (non-hydrogen) atoms. The molecule has 0 aromatic heterocycles. The number of carbonyl (C=O) groups excluding carboxylic acids is 2. The highest BCUT2D eigenvalue weighted by atomic mass is 16.5. The zero-order chi connectivity index (χ0) is 18.2. The molecule has 1 aromatic rings. The number of hydrogen-bond donors (Lipinski definition) is 1. The molecule has 0 unspecified atom stereocenters. The Morgan fingerprint density at radius 3 is 2.76 bits per heavy atom. The van der Waals surface area contributed by atoms with Crippen LogP contribution < -0.4 is 10.1 Å². The van der Waals surface area contributed by atoms with Crippen molar-refractivity contribution in [2.24, 2.45) is 5.92 Å². The molecule has 2 fully saturated rings. The normalized spacial score (nSPS) is 27.5. The van der Waals surface area contributed by atoms with E-state index in [0.717, 1.165) is 43.8 Å². The lowest BCUT2D eigenvalue weighted by Crippen LogP contribution is -2.55. The van der Waals surface area contributed by atoms with Crippen molar-refractivity contribution >= 4 is 11.9 Å². The molecule has 2 aliphatic heterocycles. The summed E-state index contributed by atoms with van der Waals surface area (Å²) in [6.07, 6.45) is 1.96. The molecule has 1 aromatic carbocycles. The Balaban J connectivity index is 1.75. The van der Waals surface area contributed by atoms with Crippen molar-refractivity contribution in [1.82, 2.24) is 15.1 Å². The second-order valence-corrected chi connectivity index (χ2v) is 7.39. The molecule has 0 aliphatic carbocycles.